The minimum Gasteiger partial charge on any atom is -0.385 e. The summed E-state index contributed by atoms with van der Waals surface area (Å²) in [5.74, 6) is -3.58. The van der Waals surface area contributed by atoms with E-state index in [0.29, 0.717) is 10.1 Å². The number of alkyl halides is 1. The second-order valence-corrected chi connectivity index (χ2v) is 4.63. The smallest absolute Gasteiger partial charge is 0.328 e. The number of aliphatic hydroxyl groups excluding tert-OH is 2. The van der Waals surface area contributed by atoms with Crippen LogP contribution in [0.2, 0.25) is 0 Å². The van der Waals surface area contributed by atoms with Gasteiger partial charge in [-0.1, -0.05) is 12.2 Å². The van der Waals surface area contributed by atoms with Crippen LogP contribution >= 0.6 is 12.2 Å². The summed E-state index contributed by atoms with van der Waals surface area (Å²) in [5.41, 5.74) is -0.674. The van der Waals surface area contributed by atoms with Crippen LogP contribution in [0, 0.1) is 11.6 Å². The monoisotopic (exact) mass is 309 g/mol. The maximum atomic E-state index is 14.8. The van der Waals surface area contributed by atoms with Crippen LogP contribution in [-0.2, 0) is 9.47 Å². The van der Waals surface area contributed by atoms with Gasteiger partial charge in [-0.25, -0.2) is 9.18 Å². The highest BCUT2D eigenvalue weighted by molar-refractivity contribution is 7.71. The van der Waals surface area contributed by atoms with E-state index in [1.807, 2.05) is 0 Å². The van der Waals surface area contributed by atoms with Gasteiger partial charge in [-0.05, 0) is 6.92 Å². The van der Waals surface area contributed by atoms with E-state index in [2.05, 4.69) is 14.5 Å². The van der Waals surface area contributed by atoms with E-state index >= 15 is 0 Å². The van der Waals surface area contributed by atoms with Crippen molar-refractivity contribution in [3.63, 3.8) is 0 Å². The van der Waals surface area contributed by atoms with Crippen LogP contribution in [0.25, 0.3) is 0 Å². The van der Waals surface area contributed by atoms with Crippen LogP contribution < -0.4 is 5.69 Å². The van der Waals surface area contributed by atoms with Gasteiger partial charge < -0.3 is 19.7 Å². The molecule has 2 rings (SSSR count). The van der Waals surface area contributed by atoms with E-state index in [0.717, 1.165) is 13.3 Å². The Hall–Kier alpha value is -1.13. The molecule has 9 heteroatoms. The van der Waals surface area contributed by atoms with Crippen molar-refractivity contribution in [1.82, 2.24) is 9.55 Å². The lowest BCUT2D eigenvalue weighted by molar-refractivity contribution is -0.212. The molecule has 4 atom stereocenters. The van der Waals surface area contributed by atoms with E-state index in [4.69, 9.17) is 16.3 Å². The van der Waals surface area contributed by atoms with Crippen LogP contribution in [0.1, 0.15) is 15.9 Å². The van der Waals surface area contributed by atoms with Crippen LogP contribution in [0.15, 0.2) is 11.0 Å². The van der Waals surface area contributed by atoms with Crippen LogP contribution in [0.5, 0.6) is 0 Å². The maximum absolute atomic E-state index is 14.8. The van der Waals surface area contributed by atoms with E-state index < -0.39 is 36.5 Å². The molecule has 1 aliphatic heterocycles. The van der Waals surface area contributed by atoms with Crippen molar-refractivity contribution >= 4 is 12.2 Å². The van der Waals surface area contributed by atoms with Gasteiger partial charge in [-0.3, -0.25) is 9.55 Å². The minimum atomic E-state index is -3.58. The highest BCUT2D eigenvalue weighted by Crippen LogP contribution is 2.37. The summed E-state index contributed by atoms with van der Waals surface area (Å²) < 4.78 is 47.3. The Balaban J connectivity index is 2.63. The van der Waals surface area contributed by atoms with Gasteiger partial charge in [-0.2, -0.15) is 0 Å². The molecular weight excluding hydrogens is 291 g/mol. The van der Waals surface area contributed by atoms with E-state index in [9.17, 15) is 19.4 Å². The second kappa shape index (κ2) is 5.34. The van der Waals surface area contributed by atoms with E-state index in [1.165, 1.54) is 6.92 Å². The van der Waals surface area contributed by atoms with E-state index in [1.54, 1.807) is 0 Å². The average molecular weight is 309 g/mol. The molecule has 0 spiro atoms. The SMILES string of the molecule is [2H]C([2H])(OC)[C@@]1(F)O[C@@]([2H])(n2cc(C)c(=S)[nH]c2=O)[C@H](O)[C@@H]1O. The number of aryl methyl sites for hydroxylation is 1. The highest BCUT2D eigenvalue weighted by Gasteiger charge is 2.56. The maximum Gasteiger partial charge on any atom is 0.328 e. The van der Waals surface area contributed by atoms with Crippen molar-refractivity contribution in [2.75, 3.05) is 13.7 Å². The summed E-state index contributed by atoms with van der Waals surface area (Å²) in [7, 11) is 0.823. The first-order valence-corrected chi connectivity index (χ1v) is 5.95. The zero-order valence-electron chi connectivity index (χ0n) is 13.6. The summed E-state index contributed by atoms with van der Waals surface area (Å²) in [6, 6.07) is 0. The van der Waals surface area contributed by atoms with Crippen molar-refractivity contribution in [3.8, 4) is 0 Å². The van der Waals surface area contributed by atoms with Gasteiger partial charge in [0.15, 0.2) is 6.20 Å². The number of nitrogens with zero attached hydrogens (tertiary/aromatic N) is 1. The zero-order chi connectivity index (χ0) is 17.8. The lowest BCUT2D eigenvalue weighted by Crippen LogP contribution is -2.42. The number of H-pyrrole nitrogens is 1. The lowest BCUT2D eigenvalue weighted by Gasteiger charge is -2.21. The van der Waals surface area contributed by atoms with Gasteiger partial charge in [-0.15, -0.1) is 0 Å². The molecule has 0 radical (unpaired) electrons. The number of ether oxygens (including phenoxy) is 2. The first-order valence-electron chi connectivity index (χ1n) is 7.04. The number of aromatic nitrogens is 2. The predicted molar refractivity (Wildman–Crippen MR) is 68.5 cm³/mol. The Morgan fingerprint density at radius 3 is 3.05 bits per heavy atom. The molecule has 0 bridgehead atoms. The number of hydrogen-bond acceptors (Lipinski definition) is 6. The molecule has 3 N–H and O–H groups in total. The fraction of sp³-hybridized carbons (Fsp3) is 0.636. The summed E-state index contributed by atoms with van der Waals surface area (Å²) in [4.78, 5) is 14.2. The van der Waals surface area contributed by atoms with Gasteiger partial charge in [0, 0.05) is 18.9 Å². The summed E-state index contributed by atoms with van der Waals surface area (Å²) in [6.45, 7) is -1.69. The second-order valence-electron chi connectivity index (χ2n) is 4.22. The zero-order valence-corrected chi connectivity index (χ0v) is 11.4. The Morgan fingerprint density at radius 1 is 1.80 bits per heavy atom. The van der Waals surface area contributed by atoms with Crippen molar-refractivity contribution in [2.24, 2.45) is 0 Å². The van der Waals surface area contributed by atoms with Crippen molar-refractivity contribution in [2.45, 2.75) is 31.2 Å². The quantitative estimate of drug-likeness (QED) is 0.668. The van der Waals surface area contributed by atoms with Gasteiger partial charge >= 0.3 is 5.69 Å². The molecule has 0 unspecified atom stereocenters. The van der Waals surface area contributed by atoms with Crippen LogP contribution in [0.3, 0.4) is 0 Å². The summed E-state index contributed by atoms with van der Waals surface area (Å²) in [5, 5.41) is 19.9. The number of methoxy groups -OCH3 is 1. The Bertz CT molecular complexity index is 743. The Labute approximate surface area is 122 Å². The molecule has 7 nitrogen and oxygen atoms in total. The van der Waals surface area contributed by atoms with E-state index in [-0.39, 0.29) is 4.64 Å². The van der Waals surface area contributed by atoms with Crippen LogP contribution in [0.4, 0.5) is 4.39 Å². The number of hydrogen-bond donors (Lipinski definition) is 3. The fourth-order valence-electron chi connectivity index (χ4n) is 1.75. The van der Waals surface area contributed by atoms with Crippen molar-refractivity contribution < 1.29 is 28.2 Å². The average Bonchev–Trinajstić information content (AvgIpc) is 2.65. The van der Waals surface area contributed by atoms with Gasteiger partial charge in [0.05, 0.1) is 4.11 Å². The minimum absolute atomic E-state index is 0.0709. The number of rotatable bonds is 3. The third kappa shape index (κ3) is 2.42. The molecule has 20 heavy (non-hydrogen) atoms. The molecule has 1 fully saturated rings. The number of aromatic amines is 1. The molecule has 1 aromatic rings. The molecule has 112 valence electrons. The third-order valence-corrected chi connectivity index (χ3v) is 3.21. The molecule has 0 amide bonds. The third-order valence-electron chi connectivity index (χ3n) is 2.78. The molecule has 0 aliphatic carbocycles. The molecule has 0 aromatic carbocycles. The Morgan fingerprint density at radius 2 is 2.45 bits per heavy atom. The fourth-order valence-corrected chi connectivity index (χ4v) is 1.89. The molecule has 2 heterocycles. The number of halogens is 1. The topological polar surface area (TPSA) is 96.7 Å². The first-order chi connectivity index (χ1) is 10.4. The largest absolute Gasteiger partial charge is 0.385 e. The highest BCUT2D eigenvalue weighted by atomic mass is 32.1. The molecule has 1 aromatic heterocycles. The normalized spacial score (nSPS) is 40.1. The van der Waals surface area contributed by atoms with Crippen molar-refractivity contribution in [1.29, 1.82) is 0 Å². The molecule has 1 aliphatic rings. The summed E-state index contributed by atoms with van der Waals surface area (Å²) in [6.07, 6.45) is -6.55. The number of nitrogens with one attached hydrogen (secondary N) is 1. The van der Waals surface area contributed by atoms with Crippen LogP contribution in [-0.4, -0.2) is 51.5 Å². The molecule has 0 saturated carbocycles. The molecule has 1 saturated heterocycles. The van der Waals surface area contributed by atoms with Crippen molar-refractivity contribution in [3.05, 3.63) is 26.9 Å². The summed E-state index contributed by atoms with van der Waals surface area (Å²) >= 11 is 4.85. The standard InChI is InChI=1S/C11H15FN2O5S/c1-5-3-14(10(17)13-8(5)20)9-6(15)7(16)11(12,19-9)4-18-2/h3,6-7,9,15-16H,4H2,1-2H3,(H,13,17,20)/t6-,7+,9-,11-/m1/s1/i4D2,9D. The lowest BCUT2D eigenvalue weighted by atomic mass is 10.1. The van der Waals surface area contributed by atoms with Gasteiger partial charge in [0.2, 0.25) is 0 Å². The Kier molecular flexibility index (Phi) is 3.07. The predicted octanol–water partition coefficient (Wildman–Crippen LogP) is -0.223. The van der Waals surface area contributed by atoms with Gasteiger partial charge in [0.25, 0.3) is 5.85 Å². The number of aliphatic hydroxyl groups is 2. The molecular formula is C11H15FN2O5S. The van der Waals surface area contributed by atoms with Gasteiger partial charge in [0.1, 0.15) is 23.4 Å². The first kappa shape index (κ1) is 11.5.